The number of amides is 1. The van der Waals surface area contributed by atoms with Crippen LogP contribution in [0.5, 0.6) is 11.5 Å². The van der Waals surface area contributed by atoms with E-state index in [-0.39, 0.29) is 5.91 Å². The van der Waals surface area contributed by atoms with Crippen LogP contribution in [0, 0.1) is 0 Å². The summed E-state index contributed by atoms with van der Waals surface area (Å²) in [5, 5.41) is 7.56. The highest BCUT2D eigenvalue weighted by atomic mass is 16.5. The SMILES string of the molecule is COc1ccc(C(=O)N2CCN(c3cc(-c4ccc(OC)cc4)[nH]n3)CC2)cc1. The quantitative estimate of drug-likeness (QED) is 0.723. The van der Waals surface area contributed by atoms with Gasteiger partial charge in [-0.05, 0) is 54.1 Å². The van der Waals surface area contributed by atoms with Gasteiger partial charge in [0, 0.05) is 37.8 Å². The molecule has 3 aromatic rings. The minimum Gasteiger partial charge on any atom is -0.497 e. The van der Waals surface area contributed by atoms with Crippen LogP contribution in [0.1, 0.15) is 10.4 Å². The maximum Gasteiger partial charge on any atom is 0.253 e. The molecule has 7 nitrogen and oxygen atoms in total. The lowest BCUT2D eigenvalue weighted by Crippen LogP contribution is -2.48. The Morgan fingerprint density at radius 1 is 0.897 bits per heavy atom. The molecule has 0 atom stereocenters. The average Bonchev–Trinajstić information content (AvgIpc) is 3.29. The minimum absolute atomic E-state index is 0.0493. The molecule has 0 unspecified atom stereocenters. The van der Waals surface area contributed by atoms with Gasteiger partial charge in [0.2, 0.25) is 0 Å². The largest absolute Gasteiger partial charge is 0.497 e. The first-order chi connectivity index (χ1) is 14.2. The van der Waals surface area contributed by atoms with E-state index in [1.165, 1.54) is 0 Å². The van der Waals surface area contributed by atoms with Gasteiger partial charge in [-0.25, -0.2) is 0 Å². The summed E-state index contributed by atoms with van der Waals surface area (Å²) in [5.41, 5.74) is 2.69. The summed E-state index contributed by atoms with van der Waals surface area (Å²) in [6.07, 6.45) is 0. The van der Waals surface area contributed by atoms with E-state index in [0.29, 0.717) is 18.7 Å². The van der Waals surface area contributed by atoms with Crippen LogP contribution in [-0.2, 0) is 0 Å². The van der Waals surface area contributed by atoms with E-state index < -0.39 is 0 Å². The number of hydrogen-bond donors (Lipinski definition) is 1. The lowest BCUT2D eigenvalue weighted by Gasteiger charge is -2.34. The second-order valence-electron chi connectivity index (χ2n) is 6.88. The summed E-state index contributed by atoms with van der Waals surface area (Å²) < 4.78 is 10.4. The first-order valence-electron chi connectivity index (χ1n) is 9.56. The standard InChI is InChI=1S/C22H24N4O3/c1-28-18-7-3-16(4-8-18)20-15-21(24-23-20)25-11-13-26(14-12-25)22(27)17-5-9-19(29-2)10-6-17/h3-10,15H,11-14H2,1-2H3,(H,23,24). The van der Waals surface area contributed by atoms with Crippen LogP contribution in [0.2, 0.25) is 0 Å². The predicted octanol–water partition coefficient (Wildman–Crippen LogP) is 3.06. The van der Waals surface area contributed by atoms with Crippen molar-refractivity contribution >= 4 is 11.7 Å². The Hall–Kier alpha value is -3.48. The summed E-state index contributed by atoms with van der Waals surface area (Å²) in [5.74, 6) is 2.52. The number of nitrogens with zero attached hydrogens (tertiary/aromatic N) is 3. The zero-order chi connectivity index (χ0) is 20.2. The van der Waals surface area contributed by atoms with Crippen LogP contribution in [-0.4, -0.2) is 61.4 Å². The molecule has 0 bridgehead atoms. The van der Waals surface area contributed by atoms with Gasteiger partial charge in [0.1, 0.15) is 11.5 Å². The lowest BCUT2D eigenvalue weighted by atomic mass is 10.1. The van der Waals surface area contributed by atoms with Gasteiger partial charge in [-0.1, -0.05) is 0 Å². The second kappa shape index (κ2) is 8.26. The third kappa shape index (κ3) is 4.03. The van der Waals surface area contributed by atoms with Gasteiger partial charge in [-0.3, -0.25) is 9.89 Å². The number of aromatic amines is 1. The molecule has 0 radical (unpaired) electrons. The number of ether oxygens (including phenoxy) is 2. The number of H-pyrrole nitrogens is 1. The van der Waals surface area contributed by atoms with Crippen molar-refractivity contribution in [2.24, 2.45) is 0 Å². The van der Waals surface area contributed by atoms with Crippen molar-refractivity contribution in [1.82, 2.24) is 15.1 Å². The Labute approximate surface area is 169 Å². The predicted molar refractivity (Wildman–Crippen MR) is 112 cm³/mol. The number of nitrogens with one attached hydrogen (secondary N) is 1. The van der Waals surface area contributed by atoms with Gasteiger partial charge in [-0.2, -0.15) is 5.10 Å². The maximum atomic E-state index is 12.7. The van der Waals surface area contributed by atoms with Gasteiger partial charge >= 0.3 is 0 Å². The molecule has 1 saturated heterocycles. The Kier molecular flexibility index (Phi) is 5.37. The molecule has 1 aliphatic heterocycles. The topological polar surface area (TPSA) is 70.7 Å². The molecule has 29 heavy (non-hydrogen) atoms. The Morgan fingerprint density at radius 3 is 2.07 bits per heavy atom. The van der Waals surface area contributed by atoms with Crippen molar-refractivity contribution in [2.75, 3.05) is 45.3 Å². The highest BCUT2D eigenvalue weighted by molar-refractivity contribution is 5.94. The highest BCUT2D eigenvalue weighted by Crippen LogP contribution is 2.25. The van der Waals surface area contributed by atoms with E-state index in [0.717, 1.165) is 41.7 Å². The Bertz CT molecular complexity index is 958. The fourth-order valence-electron chi connectivity index (χ4n) is 3.45. The van der Waals surface area contributed by atoms with Crippen LogP contribution in [0.3, 0.4) is 0 Å². The Morgan fingerprint density at radius 2 is 1.48 bits per heavy atom. The smallest absolute Gasteiger partial charge is 0.253 e. The van der Waals surface area contributed by atoms with Crippen molar-refractivity contribution in [3.63, 3.8) is 0 Å². The van der Waals surface area contributed by atoms with Crippen LogP contribution in [0.4, 0.5) is 5.82 Å². The van der Waals surface area contributed by atoms with Gasteiger partial charge in [0.05, 0.1) is 19.9 Å². The molecule has 1 aromatic heterocycles. The minimum atomic E-state index is 0.0493. The van der Waals surface area contributed by atoms with E-state index >= 15 is 0 Å². The van der Waals surface area contributed by atoms with Crippen LogP contribution in [0.25, 0.3) is 11.3 Å². The van der Waals surface area contributed by atoms with Crippen LogP contribution >= 0.6 is 0 Å². The molecule has 1 amide bonds. The van der Waals surface area contributed by atoms with Crippen LogP contribution < -0.4 is 14.4 Å². The molecular weight excluding hydrogens is 368 g/mol. The van der Waals surface area contributed by atoms with Gasteiger partial charge in [0.25, 0.3) is 5.91 Å². The lowest BCUT2D eigenvalue weighted by molar-refractivity contribution is 0.0746. The molecule has 0 saturated carbocycles. The zero-order valence-corrected chi connectivity index (χ0v) is 16.6. The van der Waals surface area contributed by atoms with Crippen molar-refractivity contribution in [3.05, 3.63) is 60.2 Å². The van der Waals surface area contributed by atoms with Crippen molar-refractivity contribution in [1.29, 1.82) is 0 Å². The number of methoxy groups -OCH3 is 2. The second-order valence-corrected chi connectivity index (χ2v) is 6.88. The molecule has 0 aliphatic carbocycles. The van der Waals surface area contributed by atoms with Gasteiger partial charge in [-0.15, -0.1) is 0 Å². The fraction of sp³-hybridized carbons (Fsp3) is 0.273. The molecule has 150 valence electrons. The summed E-state index contributed by atoms with van der Waals surface area (Å²) in [7, 11) is 3.27. The number of benzene rings is 2. The maximum absolute atomic E-state index is 12.7. The molecule has 0 spiro atoms. The van der Waals surface area contributed by atoms with Crippen molar-refractivity contribution < 1.29 is 14.3 Å². The molecule has 1 fully saturated rings. The fourth-order valence-corrected chi connectivity index (χ4v) is 3.45. The first-order valence-corrected chi connectivity index (χ1v) is 9.56. The normalized spacial score (nSPS) is 14.0. The van der Waals surface area contributed by atoms with Crippen molar-refractivity contribution in [2.45, 2.75) is 0 Å². The third-order valence-electron chi connectivity index (χ3n) is 5.19. The first kappa shape index (κ1) is 18.9. The van der Waals surface area contributed by atoms with Crippen molar-refractivity contribution in [3.8, 4) is 22.8 Å². The number of carbonyl (C=O) groups excluding carboxylic acids is 1. The molecule has 1 N–H and O–H groups in total. The molecular formula is C22H24N4O3. The summed E-state index contributed by atoms with van der Waals surface area (Å²) >= 11 is 0. The molecule has 4 rings (SSSR count). The summed E-state index contributed by atoms with van der Waals surface area (Å²) in [6, 6.07) is 17.2. The molecule has 1 aliphatic rings. The molecule has 7 heteroatoms. The zero-order valence-electron chi connectivity index (χ0n) is 16.6. The number of piperazine rings is 1. The van der Waals surface area contributed by atoms with E-state index in [9.17, 15) is 4.79 Å². The summed E-state index contributed by atoms with van der Waals surface area (Å²) in [6.45, 7) is 2.81. The van der Waals surface area contributed by atoms with Gasteiger partial charge in [0.15, 0.2) is 5.82 Å². The van der Waals surface area contributed by atoms with E-state index in [2.05, 4.69) is 15.1 Å². The van der Waals surface area contributed by atoms with E-state index in [1.54, 1.807) is 14.2 Å². The summed E-state index contributed by atoms with van der Waals surface area (Å²) in [4.78, 5) is 16.8. The third-order valence-corrected chi connectivity index (χ3v) is 5.19. The number of anilines is 1. The monoisotopic (exact) mass is 392 g/mol. The average molecular weight is 392 g/mol. The Balaban J connectivity index is 1.38. The van der Waals surface area contributed by atoms with Crippen LogP contribution in [0.15, 0.2) is 54.6 Å². The number of carbonyl (C=O) groups is 1. The van der Waals surface area contributed by atoms with E-state index in [1.807, 2.05) is 59.5 Å². The molecule has 2 aromatic carbocycles. The number of rotatable bonds is 5. The molecule has 2 heterocycles. The number of aromatic nitrogens is 2. The number of hydrogen-bond acceptors (Lipinski definition) is 5. The van der Waals surface area contributed by atoms with E-state index in [4.69, 9.17) is 9.47 Å². The van der Waals surface area contributed by atoms with Gasteiger partial charge < -0.3 is 19.3 Å². The highest BCUT2D eigenvalue weighted by Gasteiger charge is 2.23.